The molecule has 1 heterocycles. The van der Waals surface area contributed by atoms with Crippen molar-refractivity contribution in [2.45, 2.75) is 13.8 Å². The maximum atomic E-state index is 12.4. The van der Waals surface area contributed by atoms with Gasteiger partial charge in [0.25, 0.3) is 5.91 Å². The minimum Gasteiger partial charge on any atom is -0.494 e. The number of carbonyl (C=O) groups excluding carboxylic acids is 1. The van der Waals surface area contributed by atoms with Crippen LogP contribution in [-0.2, 0) is 0 Å². The molecule has 0 saturated heterocycles. The fourth-order valence-corrected chi connectivity index (χ4v) is 2.58. The predicted molar refractivity (Wildman–Crippen MR) is 105 cm³/mol. The molecular formula is C21H21N3O3. The Bertz CT molecular complexity index is 902. The number of nitrogens with two attached hydrogens (primary N) is 1. The van der Waals surface area contributed by atoms with E-state index in [9.17, 15) is 4.79 Å². The molecule has 0 aliphatic carbocycles. The number of nitrogens with one attached hydrogen (secondary N) is 1. The molecule has 0 aliphatic heterocycles. The van der Waals surface area contributed by atoms with Crippen molar-refractivity contribution >= 4 is 17.4 Å². The largest absolute Gasteiger partial charge is 0.494 e. The lowest BCUT2D eigenvalue weighted by Gasteiger charge is -2.11. The molecule has 138 valence electrons. The van der Waals surface area contributed by atoms with Crippen molar-refractivity contribution in [2.75, 3.05) is 17.7 Å². The number of rotatable bonds is 6. The molecule has 0 spiro atoms. The average Bonchev–Trinajstić information content (AvgIpc) is 2.65. The summed E-state index contributed by atoms with van der Waals surface area (Å²) in [6, 6.07) is 16.2. The van der Waals surface area contributed by atoms with E-state index in [2.05, 4.69) is 10.3 Å². The standard InChI is InChI=1S/C21H21N3O3/c1-3-26-16-8-10-18(11-9-16)27-17-6-4-15(5-7-17)24-21(25)19-14(2)12-13-23-20(19)22/h4-13H,3H2,1-2H3,(H2,22,23)(H,24,25). The number of nitrogens with zero attached hydrogens (tertiary/aromatic N) is 1. The zero-order valence-corrected chi connectivity index (χ0v) is 15.2. The van der Waals surface area contributed by atoms with Gasteiger partial charge in [0, 0.05) is 11.9 Å². The number of hydrogen-bond donors (Lipinski definition) is 2. The Morgan fingerprint density at radius 1 is 1.00 bits per heavy atom. The number of amides is 1. The monoisotopic (exact) mass is 363 g/mol. The molecule has 6 heteroatoms. The van der Waals surface area contributed by atoms with E-state index in [4.69, 9.17) is 15.2 Å². The van der Waals surface area contributed by atoms with E-state index in [1.165, 1.54) is 0 Å². The minimum atomic E-state index is -0.293. The number of nitrogen functional groups attached to an aromatic ring is 1. The summed E-state index contributed by atoms with van der Waals surface area (Å²) in [6.07, 6.45) is 1.58. The Labute approximate surface area is 158 Å². The summed E-state index contributed by atoms with van der Waals surface area (Å²) >= 11 is 0. The highest BCUT2D eigenvalue weighted by Crippen LogP contribution is 2.25. The van der Waals surface area contributed by atoms with Crippen molar-refractivity contribution in [2.24, 2.45) is 0 Å². The number of anilines is 2. The van der Waals surface area contributed by atoms with Crippen LogP contribution in [0.4, 0.5) is 11.5 Å². The molecule has 0 aliphatic rings. The SMILES string of the molecule is CCOc1ccc(Oc2ccc(NC(=O)c3c(C)ccnc3N)cc2)cc1. The second-order valence-corrected chi connectivity index (χ2v) is 5.87. The number of hydrogen-bond acceptors (Lipinski definition) is 5. The minimum absolute atomic E-state index is 0.211. The molecule has 2 aromatic carbocycles. The molecule has 1 aromatic heterocycles. The van der Waals surface area contributed by atoms with Crippen molar-refractivity contribution < 1.29 is 14.3 Å². The lowest BCUT2D eigenvalue weighted by atomic mass is 10.1. The lowest BCUT2D eigenvalue weighted by molar-refractivity contribution is 0.102. The van der Waals surface area contributed by atoms with Crippen molar-refractivity contribution in [3.8, 4) is 17.2 Å². The first kappa shape index (κ1) is 18.3. The Morgan fingerprint density at radius 2 is 1.59 bits per heavy atom. The number of aromatic nitrogens is 1. The van der Waals surface area contributed by atoms with Crippen LogP contribution in [0.25, 0.3) is 0 Å². The van der Waals surface area contributed by atoms with Crippen LogP contribution in [0.5, 0.6) is 17.2 Å². The number of ether oxygens (including phenoxy) is 2. The van der Waals surface area contributed by atoms with Crippen LogP contribution in [-0.4, -0.2) is 17.5 Å². The quantitative estimate of drug-likeness (QED) is 0.677. The van der Waals surface area contributed by atoms with E-state index in [1.807, 2.05) is 38.1 Å². The van der Waals surface area contributed by atoms with Gasteiger partial charge in [-0.25, -0.2) is 4.98 Å². The maximum absolute atomic E-state index is 12.4. The van der Waals surface area contributed by atoms with Gasteiger partial charge >= 0.3 is 0 Å². The van der Waals surface area contributed by atoms with Gasteiger partial charge in [-0.15, -0.1) is 0 Å². The zero-order valence-electron chi connectivity index (χ0n) is 15.2. The van der Waals surface area contributed by atoms with E-state index < -0.39 is 0 Å². The topological polar surface area (TPSA) is 86.5 Å². The van der Waals surface area contributed by atoms with Gasteiger partial charge in [-0.1, -0.05) is 0 Å². The van der Waals surface area contributed by atoms with Gasteiger partial charge in [-0.3, -0.25) is 4.79 Å². The summed E-state index contributed by atoms with van der Waals surface area (Å²) in [6.45, 7) is 4.38. The summed E-state index contributed by atoms with van der Waals surface area (Å²) in [5, 5.41) is 2.82. The Kier molecular flexibility index (Phi) is 5.56. The summed E-state index contributed by atoms with van der Waals surface area (Å²) in [5.74, 6) is 2.08. The van der Waals surface area contributed by atoms with Gasteiger partial charge in [0.2, 0.25) is 0 Å². The molecule has 0 unspecified atom stereocenters. The molecule has 6 nitrogen and oxygen atoms in total. The van der Waals surface area contributed by atoms with Crippen LogP contribution in [0.2, 0.25) is 0 Å². The molecule has 0 fully saturated rings. The summed E-state index contributed by atoms with van der Waals surface area (Å²) < 4.78 is 11.2. The number of aryl methyl sites for hydroxylation is 1. The van der Waals surface area contributed by atoms with Crippen LogP contribution in [0, 0.1) is 6.92 Å². The summed E-state index contributed by atoms with van der Waals surface area (Å²) in [7, 11) is 0. The van der Waals surface area contributed by atoms with E-state index in [1.54, 1.807) is 36.5 Å². The molecule has 27 heavy (non-hydrogen) atoms. The molecule has 3 rings (SSSR count). The predicted octanol–water partition coefficient (Wildman–Crippen LogP) is 4.42. The smallest absolute Gasteiger partial charge is 0.259 e. The first-order valence-corrected chi connectivity index (χ1v) is 8.60. The third kappa shape index (κ3) is 4.55. The van der Waals surface area contributed by atoms with Crippen LogP contribution < -0.4 is 20.5 Å². The second kappa shape index (κ2) is 8.23. The third-order valence-electron chi connectivity index (χ3n) is 3.90. The maximum Gasteiger partial charge on any atom is 0.259 e. The van der Waals surface area contributed by atoms with Crippen LogP contribution >= 0.6 is 0 Å². The van der Waals surface area contributed by atoms with Crippen molar-refractivity contribution in [1.82, 2.24) is 4.98 Å². The van der Waals surface area contributed by atoms with Gasteiger partial charge in [-0.2, -0.15) is 0 Å². The van der Waals surface area contributed by atoms with Gasteiger partial charge in [0.05, 0.1) is 12.2 Å². The van der Waals surface area contributed by atoms with Gasteiger partial charge in [-0.05, 0) is 74.0 Å². The van der Waals surface area contributed by atoms with Gasteiger partial charge in [0.15, 0.2) is 0 Å². The molecule has 0 bridgehead atoms. The molecule has 3 aromatic rings. The summed E-state index contributed by atoms with van der Waals surface area (Å²) in [5.41, 5.74) is 7.61. The molecule has 0 radical (unpaired) electrons. The van der Waals surface area contributed by atoms with Crippen molar-refractivity contribution in [3.63, 3.8) is 0 Å². The highest BCUT2D eigenvalue weighted by molar-refractivity contribution is 6.08. The fraction of sp³-hybridized carbons (Fsp3) is 0.143. The Hall–Kier alpha value is -3.54. The third-order valence-corrected chi connectivity index (χ3v) is 3.90. The number of pyridine rings is 1. The molecule has 0 saturated carbocycles. The van der Waals surface area contributed by atoms with E-state index in [0.29, 0.717) is 29.4 Å². The number of carbonyl (C=O) groups is 1. The zero-order chi connectivity index (χ0) is 19.2. The molecular weight excluding hydrogens is 342 g/mol. The Balaban J connectivity index is 1.65. The van der Waals surface area contributed by atoms with Gasteiger partial charge < -0.3 is 20.5 Å². The molecule has 0 atom stereocenters. The second-order valence-electron chi connectivity index (χ2n) is 5.87. The average molecular weight is 363 g/mol. The first-order valence-electron chi connectivity index (χ1n) is 8.60. The Morgan fingerprint density at radius 3 is 2.19 bits per heavy atom. The van der Waals surface area contributed by atoms with Crippen LogP contribution in [0.1, 0.15) is 22.8 Å². The van der Waals surface area contributed by atoms with Crippen LogP contribution in [0.15, 0.2) is 60.8 Å². The lowest BCUT2D eigenvalue weighted by Crippen LogP contribution is -2.16. The summed E-state index contributed by atoms with van der Waals surface area (Å²) in [4.78, 5) is 16.4. The van der Waals surface area contributed by atoms with E-state index in [-0.39, 0.29) is 11.7 Å². The van der Waals surface area contributed by atoms with Crippen LogP contribution in [0.3, 0.4) is 0 Å². The first-order chi connectivity index (χ1) is 13.1. The van der Waals surface area contributed by atoms with Crippen molar-refractivity contribution in [3.05, 3.63) is 71.9 Å². The van der Waals surface area contributed by atoms with Gasteiger partial charge in [0.1, 0.15) is 23.1 Å². The fourth-order valence-electron chi connectivity index (χ4n) is 2.58. The number of benzene rings is 2. The highest BCUT2D eigenvalue weighted by atomic mass is 16.5. The van der Waals surface area contributed by atoms with E-state index >= 15 is 0 Å². The molecule has 3 N–H and O–H groups in total. The molecule has 1 amide bonds. The highest BCUT2D eigenvalue weighted by Gasteiger charge is 2.13. The van der Waals surface area contributed by atoms with E-state index in [0.717, 1.165) is 11.3 Å². The van der Waals surface area contributed by atoms with Crippen molar-refractivity contribution in [1.29, 1.82) is 0 Å². The normalized spacial score (nSPS) is 10.3.